The summed E-state index contributed by atoms with van der Waals surface area (Å²) in [4.78, 5) is 8.36. The lowest BCUT2D eigenvalue weighted by Gasteiger charge is -2.10. The van der Waals surface area contributed by atoms with Gasteiger partial charge in [-0.05, 0) is 26.0 Å². The number of aromatic nitrogens is 2. The van der Waals surface area contributed by atoms with Crippen molar-refractivity contribution in [2.75, 3.05) is 5.43 Å². The molecule has 0 amide bonds. The zero-order chi connectivity index (χ0) is 12.3. The van der Waals surface area contributed by atoms with E-state index in [1.54, 1.807) is 13.2 Å². The molecule has 2 aromatic rings. The van der Waals surface area contributed by atoms with Gasteiger partial charge in [0.2, 0.25) is 5.88 Å². The SMILES string of the molecule is Cc1nc(NN)c(C)c(OCc2ccco2)n1. The van der Waals surface area contributed by atoms with Gasteiger partial charge >= 0.3 is 0 Å². The highest BCUT2D eigenvalue weighted by atomic mass is 16.5. The predicted octanol–water partition coefficient (Wildman–Crippen LogP) is 1.55. The van der Waals surface area contributed by atoms with E-state index in [9.17, 15) is 0 Å². The van der Waals surface area contributed by atoms with E-state index in [1.807, 2.05) is 19.1 Å². The number of nitrogen functional groups attached to an aromatic ring is 1. The summed E-state index contributed by atoms with van der Waals surface area (Å²) in [6.45, 7) is 3.94. The fraction of sp³-hybridized carbons (Fsp3) is 0.273. The molecule has 0 aromatic carbocycles. The largest absolute Gasteiger partial charge is 0.469 e. The monoisotopic (exact) mass is 234 g/mol. The van der Waals surface area contributed by atoms with Crippen LogP contribution in [0.25, 0.3) is 0 Å². The number of hydrogen-bond acceptors (Lipinski definition) is 6. The second-order valence-corrected chi connectivity index (χ2v) is 3.56. The van der Waals surface area contributed by atoms with Crippen LogP contribution in [-0.2, 0) is 6.61 Å². The Bertz CT molecular complexity index is 496. The average Bonchev–Trinajstić information content (AvgIpc) is 2.82. The van der Waals surface area contributed by atoms with E-state index in [0.717, 1.165) is 11.3 Å². The summed E-state index contributed by atoms with van der Waals surface area (Å²) in [5.41, 5.74) is 3.28. The van der Waals surface area contributed by atoms with Crippen molar-refractivity contribution in [2.24, 2.45) is 5.84 Å². The van der Waals surface area contributed by atoms with Crippen molar-refractivity contribution >= 4 is 5.82 Å². The van der Waals surface area contributed by atoms with Gasteiger partial charge in [-0.25, -0.2) is 10.8 Å². The second kappa shape index (κ2) is 4.84. The zero-order valence-corrected chi connectivity index (χ0v) is 9.73. The summed E-state index contributed by atoms with van der Waals surface area (Å²) in [7, 11) is 0. The highest BCUT2D eigenvalue weighted by Gasteiger charge is 2.10. The van der Waals surface area contributed by atoms with E-state index in [2.05, 4.69) is 15.4 Å². The van der Waals surface area contributed by atoms with Gasteiger partial charge in [-0.2, -0.15) is 4.98 Å². The van der Waals surface area contributed by atoms with Crippen LogP contribution in [0.4, 0.5) is 5.82 Å². The lowest BCUT2D eigenvalue weighted by Crippen LogP contribution is -2.12. The van der Waals surface area contributed by atoms with Crippen LogP contribution in [0.3, 0.4) is 0 Å². The molecular weight excluding hydrogens is 220 g/mol. The van der Waals surface area contributed by atoms with Gasteiger partial charge in [0, 0.05) is 0 Å². The van der Waals surface area contributed by atoms with Crippen LogP contribution in [-0.4, -0.2) is 9.97 Å². The predicted molar refractivity (Wildman–Crippen MR) is 62.4 cm³/mol. The summed E-state index contributed by atoms with van der Waals surface area (Å²) in [5, 5.41) is 0. The Kier molecular flexibility index (Phi) is 3.24. The maximum absolute atomic E-state index is 5.56. The summed E-state index contributed by atoms with van der Waals surface area (Å²) in [5.74, 6) is 7.76. The Balaban J connectivity index is 2.17. The lowest BCUT2D eigenvalue weighted by molar-refractivity contribution is 0.258. The first-order valence-electron chi connectivity index (χ1n) is 5.17. The van der Waals surface area contributed by atoms with Gasteiger partial charge in [-0.1, -0.05) is 0 Å². The van der Waals surface area contributed by atoms with E-state index in [-0.39, 0.29) is 0 Å². The molecule has 0 fully saturated rings. The van der Waals surface area contributed by atoms with Gasteiger partial charge in [-0.3, -0.25) is 0 Å². The van der Waals surface area contributed by atoms with Crippen molar-refractivity contribution in [3.63, 3.8) is 0 Å². The molecule has 3 N–H and O–H groups in total. The third kappa shape index (κ3) is 2.54. The molecule has 0 saturated carbocycles. The molecule has 6 heteroatoms. The van der Waals surface area contributed by atoms with Gasteiger partial charge in [-0.15, -0.1) is 0 Å². The number of ether oxygens (including phenoxy) is 1. The van der Waals surface area contributed by atoms with Crippen molar-refractivity contribution in [1.82, 2.24) is 9.97 Å². The number of aryl methyl sites for hydroxylation is 1. The number of nitrogens with zero attached hydrogens (tertiary/aromatic N) is 2. The summed E-state index contributed by atoms with van der Waals surface area (Å²) in [6, 6.07) is 3.65. The minimum Gasteiger partial charge on any atom is -0.469 e. The van der Waals surface area contributed by atoms with Crippen molar-refractivity contribution in [2.45, 2.75) is 20.5 Å². The molecule has 0 radical (unpaired) electrons. The van der Waals surface area contributed by atoms with Crippen molar-refractivity contribution in [3.05, 3.63) is 35.5 Å². The van der Waals surface area contributed by atoms with Crippen LogP contribution in [0.15, 0.2) is 22.8 Å². The number of rotatable bonds is 4. The molecule has 0 atom stereocenters. The Morgan fingerprint density at radius 1 is 1.41 bits per heavy atom. The second-order valence-electron chi connectivity index (χ2n) is 3.56. The van der Waals surface area contributed by atoms with E-state index < -0.39 is 0 Å². The summed E-state index contributed by atoms with van der Waals surface area (Å²) in [6.07, 6.45) is 1.60. The number of anilines is 1. The molecule has 0 aliphatic carbocycles. The Morgan fingerprint density at radius 2 is 2.24 bits per heavy atom. The normalized spacial score (nSPS) is 10.3. The number of furan rings is 1. The van der Waals surface area contributed by atoms with Crippen LogP contribution >= 0.6 is 0 Å². The molecule has 0 aliphatic rings. The molecule has 2 heterocycles. The Morgan fingerprint density at radius 3 is 2.88 bits per heavy atom. The smallest absolute Gasteiger partial charge is 0.222 e. The van der Waals surface area contributed by atoms with Crippen LogP contribution in [0.5, 0.6) is 5.88 Å². The van der Waals surface area contributed by atoms with Gasteiger partial charge in [0.1, 0.15) is 24.0 Å². The summed E-state index contributed by atoms with van der Waals surface area (Å²) >= 11 is 0. The molecule has 0 aliphatic heterocycles. The molecule has 2 aromatic heterocycles. The third-order valence-corrected chi connectivity index (χ3v) is 2.28. The van der Waals surface area contributed by atoms with E-state index in [4.69, 9.17) is 15.0 Å². The number of nitrogens with one attached hydrogen (secondary N) is 1. The topological polar surface area (TPSA) is 86.2 Å². The van der Waals surface area contributed by atoms with Gasteiger partial charge in [0.25, 0.3) is 0 Å². The molecule has 90 valence electrons. The molecule has 0 saturated heterocycles. The van der Waals surface area contributed by atoms with Crippen molar-refractivity contribution < 1.29 is 9.15 Å². The maximum Gasteiger partial charge on any atom is 0.222 e. The van der Waals surface area contributed by atoms with E-state index in [0.29, 0.717) is 24.1 Å². The molecule has 17 heavy (non-hydrogen) atoms. The number of hydrazine groups is 1. The minimum absolute atomic E-state index is 0.328. The first-order valence-corrected chi connectivity index (χ1v) is 5.17. The summed E-state index contributed by atoms with van der Waals surface area (Å²) < 4.78 is 10.7. The quantitative estimate of drug-likeness (QED) is 0.616. The third-order valence-electron chi connectivity index (χ3n) is 2.28. The maximum atomic E-state index is 5.56. The minimum atomic E-state index is 0.328. The standard InChI is InChI=1S/C11H14N4O2/c1-7-10(15-12)13-8(2)14-11(7)17-6-9-4-3-5-16-9/h3-5H,6,12H2,1-2H3,(H,13,14,15). The van der Waals surface area contributed by atoms with E-state index in [1.165, 1.54) is 0 Å². The first-order chi connectivity index (χ1) is 8.20. The molecule has 2 rings (SSSR count). The molecule has 0 unspecified atom stereocenters. The highest BCUT2D eigenvalue weighted by molar-refractivity contribution is 5.47. The van der Waals surface area contributed by atoms with Gasteiger partial charge in [0.15, 0.2) is 0 Å². The van der Waals surface area contributed by atoms with E-state index >= 15 is 0 Å². The van der Waals surface area contributed by atoms with Crippen LogP contribution < -0.4 is 16.0 Å². The van der Waals surface area contributed by atoms with Crippen molar-refractivity contribution in [1.29, 1.82) is 0 Å². The van der Waals surface area contributed by atoms with Crippen molar-refractivity contribution in [3.8, 4) is 5.88 Å². The average molecular weight is 234 g/mol. The molecular formula is C11H14N4O2. The number of nitrogens with two attached hydrogens (primary N) is 1. The zero-order valence-electron chi connectivity index (χ0n) is 9.73. The van der Waals surface area contributed by atoms with Crippen LogP contribution in [0.1, 0.15) is 17.1 Å². The highest BCUT2D eigenvalue weighted by Crippen LogP contribution is 2.21. The van der Waals surface area contributed by atoms with Gasteiger partial charge in [0.05, 0.1) is 11.8 Å². The molecule has 0 bridgehead atoms. The Labute approximate surface area is 98.8 Å². The Hall–Kier alpha value is -2.08. The first kappa shape index (κ1) is 11.4. The van der Waals surface area contributed by atoms with Crippen LogP contribution in [0.2, 0.25) is 0 Å². The lowest BCUT2D eigenvalue weighted by atomic mass is 10.3. The molecule has 6 nitrogen and oxygen atoms in total. The fourth-order valence-corrected chi connectivity index (χ4v) is 1.42. The molecule has 0 spiro atoms. The number of hydrogen-bond donors (Lipinski definition) is 2. The van der Waals surface area contributed by atoms with Crippen LogP contribution in [0, 0.1) is 13.8 Å². The van der Waals surface area contributed by atoms with Gasteiger partial charge < -0.3 is 14.6 Å². The fourth-order valence-electron chi connectivity index (χ4n) is 1.42.